The van der Waals surface area contributed by atoms with Crippen molar-refractivity contribution >= 4 is 28.6 Å². The summed E-state index contributed by atoms with van der Waals surface area (Å²) in [6.45, 7) is 1.68. The number of carbonyl (C=O) groups excluding carboxylic acids is 1. The third kappa shape index (κ3) is 3.46. The van der Waals surface area contributed by atoms with Crippen LogP contribution in [0.15, 0.2) is 24.3 Å². The van der Waals surface area contributed by atoms with Gasteiger partial charge in [-0.3, -0.25) is 4.79 Å². The molecular weight excluding hydrogens is 305 g/mol. The van der Waals surface area contributed by atoms with Crippen LogP contribution in [0, 0.1) is 3.57 Å². The van der Waals surface area contributed by atoms with Crippen LogP contribution in [0.2, 0.25) is 0 Å². The number of hydrogen-bond donors (Lipinski definition) is 1. The lowest BCUT2D eigenvalue weighted by atomic mass is 9.94. The van der Waals surface area contributed by atoms with Crippen molar-refractivity contribution in [1.82, 2.24) is 0 Å². The summed E-state index contributed by atoms with van der Waals surface area (Å²) in [7, 11) is 1.35. The molecule has 0 aliphatic heterocycles. The lowest BCUT2D eigenvalue weighted by Gasteiger charge is -2.21. The standard InChI is InChI=1S/C11H14INO2/c1-11(13,10(14)15-2)7-8-4-3-5-9(12)6-8/h3-6H,7,13H2,1-2H3/t11-/m0/s1. The maximum atomic E-state index is 11.4. The van der Waals surface area contributed by atoms with Gasteiger partial charge in [0.1, 0.15) is 5.54 Å². The number of carbonyl (C=O) groups is 1. The summed E-state index contributed by atoms with van der Waals surface area (Å²) in [5.41, 5.74) is 5.96. The highest BCUT2D eigenvalue weighted by molar-refractivity contribution is 14.1. The van der Waals surface area contributed by atoms with Crippen LogP contribution in [0.25, 0.3) is 0 Å². The van der Waals surface area contributed by atoms with Gasteiger partial charge in [-0.15, -0.1) is 0 Å². The molecule has 0 amide bonds. The van der Waals surface area contributed by atoms with Crippen LogP contribution < -0.4 is 5.73 Å². The maximum Gasteiger partial charge on any atom is 0.325 e. The lowest BCUT2D eigenvalue weighted by molar-refractivity contribution is -0.146. The SMILES string of the molecule is COC(=O)[C@@](C)(N)Cc1cccc(I)c1. The number of methoxy groups -OCH3 is 1. The lowest BCUT2D eigenvalue weighted by Crippen LogP contribution is -2.47. The molecule has 0 bridgehead atoms. The Labute approximate surface area is 103 Å². The minimum Gasteiger partial charge on any atom is -0.468 e. The Morgan fingerprint density at radius 2 is 2.27 bits per heavy atom. The second kappa shape index (κ2) is 4.94. The minimum atomic E-state index is -0.959. The smallest absolute Gasteiger partial charge is 0.325 e. The van der Waals surface area contributed by atoms with E-state index >= 15 is 0 Å². The van der Waals surface area contributed by atoms with Gasteiger partial charge in [-0.05, 0) is 47.2 Å². The van der Waals surface area contributed by atoms with E-state index in [-0.39, 0.29) is 5.97 Å². The molecule has 1 atom stereocenters. The van der Waals surface area contributed by atoms with E-state index in [0.717, 1.165) is 9.13 Å². The number of ether oxygens (including phenoxy) is 1. The summed E-state index contributed by atoms with van der Waals surface area (Å²) in [4.78, 5) is 11.4. The summed E-state index contributed by atoms with van der Waals surface area (Å²) in [6.07, 6.45) is 0.483. The summed E-state index contributed by atoms with van der Waals surface area (Å²) in [5, 5.41) is 0. The van der Waals surface area contributed by atoms with Gasteiger partial charge >= 0.3 is 5.97 Å². The average Bonchev–Trinajstić information content (AvgIpc) is 2.15. The molecule has 2 N–H and O–H groups in total. The topological polar surface area (TPSA) is 52.3 Å². The van der Waals surface area contributed by atoms with Crippen molar-refractivity contribution in [1.29, 1.82) is 0 Å². The fourth-order valence-corrected chi connectivity index (χ4v) is 1.98. The van der Waals surface area contributed by atoms with Crippen LogP contribution in [0.5, 0.6) is 0 Å². The van der Waals surface area contributed by atoms with E-state index in [0.29, 0.717) is 6.42 Å². The van der Waals surface area contributed by atoms with Crippen LogP contribution in [0.3, 0.4) is 0 Å². The number of rotatable bonds is 3. The first-order valence-electron chi connectivity index (χ1n) is 4.57. The van der Waals surface area contributed by atoms with E-state index < -0.39 is 5.54 Å². The number of halogens is 1. The monoisotopic (exact) mass is 319 g/mol. The van der Waals surface area contributed by atoms with Crippen LogP contribution >= 0.6 is 22.6 Å². The molecule has 0 spiro atoms. The zero-order valence-electron chi connectivity index (χ0n) is 8.79. The maximum absolute atomic E-state index is 11.4. The molecule has 4 heteroatoms. The fourth-order valence-electron chi connectivity index (χ4n) is 1.38. The molecule has 0 saturated carbocycles. The molecule has 0 aliphatic carbocycles. The highest BCUT2D eigenvalue weighted by Gasteiger charge is 2.29. The molecule has 0 radical (unpaired) electrons. The third-order valence-electron chi connectivity index (χ3n) is 2.11. The predicted octanol–water partition coefficient (Wildman–Crippen LogP) is 1.72. The van der Waals surface area contributed by atoms with E-state index in [2.05, 4.69) is 27.3 Å². The molecule has 0 saturated heterocycles. The Kier molecular flexibility index (Phi) is 4.10. The van der Waals surface area contributed by atoms with Gasteiger partial charge in [0.05, 0.1) is 7.11 Å². The van der Waals surface area contributed by atoms with Crippen LogP contribution in [0.1, 0.15) is 12.5 Å². The molecule has 1 aromatic rings. The average molecular weight is 319 g/mol. The van der Waals surface area contributed by atoms with Crippen molar-refractivity contribution in [2.24, 2.45) is 5.73 Å². The molecule has 15 heavy (non-hydrogen) atoms. The van der Waals surface area contributed by atoms with Crippen molar-refractivity contribution in [2.45, 2.75) is 18.9 Å². The van der Waals surface area contributed by atoms with E-state index in [1.54, 1.807) is 6.92 Å². The Balaban J connectivity index is 2.81. The molecule has 0 aliphatic rings. The predicted molar refractivity (Wildman–Crippen MR) is 67.5 cm³/mol. The summed E-state index contributed by atoms with van der Waals surface area (Å²) >= 11 is 2.23. The van der Waals surface area contributed by atoms with Crippen molar-refractivity contribution < 1.29 is 9.53 Å². The van der Waals surface area contributed by atoms with E-state index in [9.17, 15) is 4.79 Å². The molecule has 1 aromatic carbocycles. The van der Waals surface area contributed by atoms with Gasteiger partial charge in [-0.2, -0.15) is 0 Å². The van der Waals surface area contributed by atoms with E-state index in [1.165, 1.54) is 7.11 Å². The Bertz CT molecular complexity index is 363. The molecule has 0 fully saturated rings. The summed E-state index contributed by atoms with van der Waals surface area (Å²) in [6, 6.07) is 7.91. The zero-order valence-corrected chi connectivity index (χ0v) is 10.9. The van der Waals surface area contributed by atoms with Crippen molar-refractivity contribution in [3.05, 3.63) is 33.4 Å². The number of hydrogen-bond acceptors (Lipinski definition) is 3. The second-order valence-electron chi connectivity index (χ2n) is 3.72. The number of nitrogens with two attached hydrogens (primary N) is 1. The Morgan fingerprint density at radius 1 is 1.60 bits per heavy atom. The first-order chi connectivity index (χ1) is 6.95. The zero-order chi connectivity index (χ0) is 11.5. The van der Waals surface area contributed by atoms with Gasteiger partial charge in [0.25, 0.3) is 0 Å². The second-order valence-corrected chi connectivity index (χ2v) is 4.96. The number of esters is 1. The van der Waals surface area contributed by atoms with Gasteiger partial charge in [0.15, 0.2) is 0 Å². The van der Waals surface area contributed by atoms with Crippen molar-refractivity contribution in [3.8, 4) is 0 Å². The fraction of sp³-hybridized carbons (Fsp3) is 0.364. The highest BCUT2D eigenvalue weighted by atomic mass is 127. The van der Waals surface area contributed by atoms with Gasteiger partial charge in [0, 0.05) is 9.99 Å². The molecule has 0 aromatic heterocycles. The molecule has 0 heterocycles. The van der Waals surface area contributed by atoms with Crippen LogP contribution in [0.4, 0.5) is 0 Å². The first kappa shape index (κ1) is 12.4. The van der Waals surface area contributed by atoms with Crippen LogP contribution in [-0.4, -0.2) is 18.6 Å². The largest absolute Gasteiger partial charge is 0.468 e. The molecule has 0 unspecified atom stereocenters. The van der Waals surface area contributed by atoms with E-state index in [1.807, 2.05) is 24.3 Å². The van der Waals surface area contributed by atoms with Crippen LogP contribution in [-0.2, 0) is 16.0 Å². The third-order valence-corrected chi connectivity index (χ3v) is 2.78. The molecule has 3 nitrogen and oxygen atoms in total. The Hall–Kier alpha value is -0.620. The Morgan fingerprint density at radius 3 is 2.80 bits per heavy atom. The molecule has 82 valence electrons. The quantitative estimate of drug-likeness (QED) is 0.682. The number of benzene rings is 1. The van der Waals surface area contributed by atoms with Gasteiger partial charge in [-0.25, -0.2) is 0 Å². The van der Waals surface area contributed by atoms with Gasteiger partial charge < -0.3 is 10.5 Å². The summed E-state index contributed by atoms with van der Waals surface area (Å²) in [5.74, 6) is -0.388. The first-order valence-corrected chi connectivity index (χ1v) is 5.65. The van der Waals surface area contributed by atoms with Crippen molar-refractivity contribution in [2.75, 3.05) is 7.11 Å². The minimum absolute atomic E-state index is 0.388. The summed E-state index contributed by atoms with van der Waals surface area (Å²) < 4.78 is 5.78. The normalized spacial score (nSPS) is 14.4. The molecular formula is C11H14INO2. The van der Waals surface area contributed by atoms with E-state index in [4.69, 9.17) is 5.73 Å². The van der Waals surface area contributed by atoms with Gasteiger partial charge in [-0.1, -0.05) is 12.1 Å². The molecule has 1 rings (SSSR count). The highest BCUT2D eigenvalue weighted by Crippen LogP contribution is 2.14. The van der Waals surface area contributed by atoms with Crippen molar-refractivity contribution in [3.63, 3.8) is 0 Å². The van der Waals surface area contributed by atoms with Gasteiger partial charge in [0.2, 0.25) is 0 Å².